The van der Waals surface area contributed by atoms with Gasteiger partial charge in [0.1, 0.15) is 0 Å². The summed E-state index contributed by atoms with van der Waals surface area (Å²) in [5, 5.41) is 12.9. The Labute approximate surface area is 138 Å². The highest BCUT2D eigenvalue weighted by Crippen LogP contribution is 2.17. The zero-order chi connectivity index (χ0) is 16.8. The summed E-state index contributed by atoms with van der Waals surface area (Å²) in [6.07, 6.45) is 8.99. The molecule has 0 fully saturated rings. The summed E-state index contributed by atoms with van der Waals surface area (Å²) >= 11 is 0. The SMILES string of the molecule is [N-]=[N+]=NCCCCCCCCCC(Cc1ccccc1)C(=O)O. The minimum atomic E-state index is -0.688. The van der Waals surface area contributed by atoms with Gasteiger partial charge in [0.25, 0.3) is 0 Å². The second-order valence-corrected chi connectivity index (χ2v) is 5.94. The second-order valence-electron chi connectivity index (χ2n) is 5.94. The van der Waals surface area contributed by atoms with Crippen LogP contribution >= 0.6 is 0 Å². The van der Waals surface area contributed by atoms with E-state index in [-0.39, 0.29) is 5.92 Å². The zero-order valence-corrected chi connectivity index (χ0v) is 13.7. The number of carbonyl (C=O) groups is 1. The lowest BCUT2D eigenvalue weighted by Crippen LogP contribution is -2.16. The predicted octanol–water partition coefficient (Wildman–Crippen LogP) is 5.36. The van der Waals surface area contributed by atoms with Crippen molar-refractivity contribution in [1.29, 1.82) is 0 Å². The van der Waals surface area contributed by atoms with Crippen LogP contribution in [0.5, 0.6) is 0 Å². The highest BCUT2D eigenvalue weighted by atomic mass is 16.4. The molecule has 1 unspecified atom stereocenters. The van der Waals surface area contributed by atoms with E-state index < -0.39 is 5.97 Å². The molecule has 0 aliphatic rings. The van der Waals surface area contributed by atoms with E-state index in [0.29, 0.717) is 13.0 Å². The van der Waals surface area contributed by atoms with E-state index in [1.165, 1.54) is 6.42 Å². The number of carboxylic acid groups (broad SMARTS) is 1. The molecule has 1 atom stereocenters. The molecule has 0 amide bonds. The van der Waals surface area contributed by atoms with Crippen molar-refractivity contribution >= 4 is 5.97 Å². The van der Waals surface area contributed by atoms with Gasteiger partial charge in [0, 0.05) is 11.5 Å². The summed E-state index contributed by atoms with van der Waals surface area (Å²) in [6, 6.07) is 9.84. The smallest absolute Gasteiger partial charge is 0.306 e. The maximum Gasteiger partial charge on any atom is 0.306 e. The van der Waals surface area contributed by atoms with Gasteiger partial charge in [-0.2, -0.15) is 0 Å². The summed E-state index contributed by atoms with van der Waals surface area (Å²) in [4.78, 5) is 14.1. The van der Waals surface area contributed by atoms with Gasteiger partial charge >= 0.3 is 5.97 Å². The van der Waals surface area contributed by atoms with Crippen LogP contribution in [0.2, 0.25) is 0 Å². The van der Waals surface area contributed by atoms with E-state index in [0.717, 1.165) is 50.5 Å². The number of hydrogen-bond donors (Lipinski definition) is 1. The van der Waals surface area contributed by atoms with Crippen LogP contribution in [0.3, 0.4) is 0 Å². The lowest BCUT2D eigenvalue weighted by Gasteiger charge is -2.12. The molecule has 0 radical (unpaired) electrons. The van der Waals surface area contributed by atoms with Crippen molar-refractivity contribution in [2.24, 2.45) is 11.0 Å². The Morgan fingerprint density at radius 1 is 1.04 bits per heavy atom. The average molecular weight is 317 g/mol. The van der Waals surface area contributed by atoms with Gasteiger partial charge in [-0.05, 0) is 30.4 Å². The molecule has 23 heavy (non-hydrogen) atoms. The predicted molar refractivity (Wildman–Crippen MR) is 92.2 cm³/mol. The molecule has 1 N–H and O–H groups in total. The third kappa shape index (κ3) is 9.59. The van der Waals surface area contributed by atoms with Crippen molar-refractivity contribution in [2.45, 2.75) is 57.8 Å². The molecule has 0 aliphatic heterocycles. The molecule has 0 saturated heterocycles. The molecule has 0 spiro atoms. The van der Waals surface area contributed by atoms with Gasteiger partial charge in [-0.3, -0.25) is 4.79 Å². The van der Waals surface area contributed by atoms with Gasteiger partial charge in [-0.1, -0.05) is 74.0 Å². The van der Waals surface area contributed by atoms with Crippen LogP contribution in [0.15, 0.2) is 35.4 Å². The van der Waals surface area contributed by atoms with Crippen LogP contribution in [0.1, 0.15) is 56.9 Å². The standard InChI is InChI=1S/C18H27N3O2/c19-21-20-14-10-5-3-1-2-4-9-13-17(18(22)23)15-16-11-7-6-8-12-16/h6-8,11-12,17H,1-5,9-10,13-15H2,(H,22,23). The van der Waals surface area contributed by atoms with Gasteiger partial charge < -0.3 is 5.11 Å². The van der Waals surface area contributed by atoms with Crippen molar-refractivity contribution in [3.05, 3.63) is 46.3 Å². The van der Waals surface area contributed by atoms with Crippen LogP contribution in [0.4, 0.5) is 0 Å². The fraction of sp³-hybridized carbons (Fsp3) is 0.611. The van der Waals surface area contributed by atoms with E-state index in [2.05, 4.69) is 10.0 Å². The molecule has 5 nitrogen and oxygen atoms in total. The maximum absolute atomic E-state index is 11.4. The highest BCUT2D eigenvalue weighted by Gasteiger charge is 2.17. The van der Waals surface area contributed by atoms with Gasteiger partial charge in [0.2, 0.25) is 0 Å². The van der Waals surface area contributed by atoms with Crippen LogP contribution in [0.25, 0.3) is 10.4 Å². The fourth-order valence-electron chi connectivity index (χ4n) is 2.71. The number of aliphatic carboxylic acids is 1. The largest absolute Gasteiger partial charge is 0.481 e. The molecule has 0 aromatic heterocycles. The van der Waals surface area contributed by atoms with Crippen molar-refractivity contribution in [2.75, 3.05) is 6.54 Å². The summed E-state index contributed by atoms with van der Waals surface area (Å²) in [7, 11) is 0. The minimum absolute atomic E-state index is 0.277. The summed E-state index contributed by atoms with van der Waals surface area (Å²) in [5.41, 5.74) is 9.26. The van der Waals surface area contributed by atoms with E-state index in [9.17, 15) is 9.90 Å². The van der Waals surface area contributed by atoms with Gasteiger partial charge in [0.05, 0.1) is 5.92 Å². The average Bonchev–Trinajstić information content (AvgIpc) is 2.56. The number of carboxylic acids is 1. The molecule has 1 aromatic carbocycles. The van der Waals surface area contributed by atoms with E-state index in [4.69, 9.17) is 5.53 Å². The number of hydrogen-bond acceptors (Lipinski definition) is 2. The second kappa shape index (κ2) is 12.5. The first-order valence-electron chi connectivity index (χ1n) is 8.51. The van der Waals surface area contributed by atoms with Crippen LogP contribution in [-0.4, -0.2) is 17.6 Å². The van der Waals surface area contributed by atoms with E-state index >= 15 is 0 Å². The first kappa shape index (κ1) is 19.0. The normalized spacial score (nSPS) is 11.7. The Morgan fingerprint density at radius 3 is 2.26 bits per heavy atom. The van der Waals surface area contributed by atoms with Crippen LogP contribution in [-0.2, 0) is 11.2 Å². The lowest BCUT2D eigenvalue weighted by molar-refractivity contribution is -0.142. The molecule has 0 saturated carbocycles. The Kier molecular flexibility index (Phi) is 10.4. The van der Waals surface area contributed by atoms with Crippen molar-refractivity contribution in [1.82, 2.24) is 0 Å². The summed E-state index contributed by atoms with van der Waals surface area (Å²) in [6.45, 7) is 0.594. The van der Waals surface area contributed by atoms with Crippen LogP contribution < -0.4 is 0 Å². The number of azide groups is 1. The number of rotatable bonds is 13. The molecular weight excluding hydrogens is 290 g/mol. The van der Waals surface area contributed by atoms with E-state index in [1.54, 1.807) is 0 Å². The summed E-state index contributed by atoms with van der Waals surface area (Å²) in [5.74, 6) is -0.965. The minimum Gasteiger partial charge on any atom is -0.481 e. The van der Waals surface area contributed by atoms with Gasteiger partial charge in [0.15, 0.2) is 0 Å². The first-order chi connectivity index (χ1) is 11.2. The van der Waals surface area contributed by atoms with E-state index in [1.807, 2.05) is 30.3 Å². The maximum atomic E-state index is 11.4. The molecular formula is C18H27N3O2. The third-order valence-corrected chi connectivity index (χ3v) is 4.05. The Morgan fingerprint density at radius 2 is 1.65 bits per heavy atom. The number of unbranched alkanes of at least 4 members (excludes halogenated alkanes) is 6. The van der Waals surface area contributed by atoms with Crippen molar-refractivity contribution in [3.63, 3.8) is 0 Å². The highest BCUT2D eigenvalue weighted by molar-refractivity contribution is 5.70. The number of nitrogens with zero attached hydrogens (tertiary/aromatic N) is 3. The van der Waals surface area contributed by atoms with Gasteiger partial charge in [-0.15, -0.1) is 0 Å². The third-order valence-electron chi connectivity index (χ3n) is 4.05. The van der Waals surface area contributed by atoms with Gasteiger partial charge in [-0.25, -0.2) is 0 Å². The summed E-state index contributed by atoms with van der Waals surface area (Å²) < 4.78 is 0. The van der Waals surface area contributed by atoms with Crippen LogP contribution in [0, 0.1) is 5.92 Å². The molecule has 5 heteroatoms. The number of benzene rings is 1. The quantitative estimate of drug-likeness (QED) is 0.230. The Hall–Kier alpha value is -2.00. The Balaban J connectivity index is 2.09. The zero-order valence-electron chi connectivity index (χ0n) is 13.7. The Bertz CT molecular complexity index is 484. The molecule has 126 valence electrons. The topological polar surface area (TPSA) is 86.1 Å². The monoisotopic (exact) mass is 317 g/mol. The molecule has 0 aliphatic carbocycles. The molecule has 0 bridgehead atoms. The fourth-order valence-corrected chi connectivity index (χ4v) is 2.71. The molecule has 1 aromatic rings. The molecule has 1 rings (SSSR count). The van der Waals surface area contributed by atoms with Crippen molar-refractivity contribution in [3.8, 4) is 0 Å². The lowest BCUT2D eigenvalue weighted by atomic mass is 9.93. The molecule has 0 heterocycles. The first-order valence-corrected chi connectivity index (χ1v) is 8.51. The van der Waals surface area contributed by atoms with Crippen molar-refractivity contribution < 1.29 is 9.90 Å².